The van der Waals surface area contributed by atoms with Gasteiger partial charge in [0, 0.05) is 48.0 Å². The minimum absolute atomic E-state index is 0.168. The summed E-state index contributed by atoms with van der Waals surface area (Å²) in [5.41, 5.74) is -2.18. The van der Waals surface area contributed by atoms with Gasteiger partial charge in [0.1, 0.15) is 17.5 Å². The van der Waals surface area contributed by atoms with Crippen LogP contribution in [0.1, 0.15) is 121 Å². The van der Waals surface area contributed by atoms with Gasteiger partial charge >= 0.3 is 5.97 Å². The first-order valence-electron chi connectivity index (χ1n) is 21.2. The van der Waals surface area contributed by atoms with E-state index in [0.29, 0.717) is 25.7 Å². The van der Waals surface area contributed by atoms with Crippen LogP contribution in [0.15, 0.2) is 36.5 Å². The predicted molar refractivity (Wildman–Crippen MR) is 215 cm³/mol. The number of ketones is 2. The second-order valence-corrected chi connectivity index (χ2v) is 18.0. The van der Waals surface area contributed by atoms with E-state index < -0.39 is 89.0 Å². The number of aliphatic hydroxyl groups excluding tert-OH is 4. The number of rotatable bonds is 3. The molecule has 0 aliphatic carbocycles. The summed E-state index contributed by atoms with van der Waals surface area (Å²) < 4.78 is 20.0. The van der Waals surface area contributed by atoms with Crippen molar-refractivity contribution < 1.29 is 54.1 Å². The molecular weight excluding hydrogens is 716 g/mol. The van der Waals surface area contributed by atoms with E-state index in [1.54, 1.807) is 20.8 Å². The molecule has 2 bridgehead atoms. The Bertz CT molecular complexity index is 1390. The van der Waals surface area contributed by atoms with Crippen molar-refractivity contribution in [2.24, 2.45) is 53.3 Å². The van der Waals surface area contributed by atoms with E-state index in [9.17, 15) is 39.9 Å². The molecule has 2 fully saturated rings. The molecule has 3 aliphatic rings. The molecule has 3 heterocycles. The summed E-state index contributed by atoms with van der Waals surface area (Å²) in [6.07, 6.45) is 9.62. The third-order valence-corrected chi connectivity index (χ3v) is 13.4. The summed E-state index contributed by atoms with van der Waals surface area (Å²) >= 11 is 0. The molecule has 2 saturated heterocycles. The first kappa shape index (κ1) is 48.1. The zero-order chi connectivity index (χ0) is 42.3. The second kappa shape index (κ2) is 20.6. The maximum Gasteiger partial charge on any atom is 0.330 e. The van der Waals surface area contributed by atoms with E-state index in [0.717, 1.165) is 19.3 Å². The maximum absolute atomic E-state index is 13.5. The van der Waals surface area contributed by atoms with Gasteiger partial charge in [-0.1, -0.05) is 92.7 Å². The molecule has 56 heavy (non-hydrogen) atoms. The van der Waals surface area contributed by atoms with Crippen LogP contribution in [0.4, 0.5) is 0 Å². The highest BCUT2D eigenvalue weighted by atomic mass is 16.7. The fourth-order valence-electron chi connectivity index (χ4n) is 9.01. The van der Waals surface area contributed by atoms with Crippen LogP contribution in [0.25, 0.3) is 0 Å². The molecule has 0 amide bonds. The van der Waals surface area contributed by atoms with Crippen LogP contribution in [0.2, 0.25) is 0 Å². The lowest BCUT2D eigenvalue weighted by Gasteiger charge is -2.55. The Morgan fingerprint density at radius 3 is 2.11 bits per heavy atom. The fourth-order valence-corrected chi connectivity index (χ4v) is 9.01. The second-order valence-electron chi connectivity index (χ2n) is 18.0. The van der Waals surface area contributed by atoms with Crippen molar-refractivity contribution in [2.45, 2.75) is 175 Å². The summed E-state index contributed by atoms with van der Waals surface area (Å²) in [5.74, 6) is -7.28. The third-order valence-electron chi connectivity index (χ3n) is 13.4. The summed E-state index contributed by atoms with van der Waals surface area (Å²) in [4.78, 5) is 40.5. The van der Waals surface area contributed by atoms with Gasteiger partial charge in [-0.2, -0.15) is 0 Å². The molecule has 3 aliphatic heterocycles. The fraction of sp³-hybridized carbons (Fsp3) is 0.800. The molecule has 3 rings (SSSR count). The van der Waals surface area contributed by atoms with Gasteiger partial charge in [0.15, 0.2) is 11.6 Å². The Morgan fingerprint density at radius 2 is 1.48 bits per heavy atom. The van der Waals surface area contributed by atoms with Gasteiger partial charge in [-0.25, -0.2) is 4.79 Å². The van der Waals surface area contributed by atoms with Crippen LogP contribution in [0.3, 0.4) is 0 Å². The summed E-state index contributed by atoms with van der Waals surface area (Å²) in [5, 5.41) is 55.0. The van der Waals surface area contributed by atoms with Crippen molar-refractivity contribution in [3.05, 3.63) is 36.5 Å². The van der Waals surface area contributed by atoms with Gasteiger partial charge in [0.25, 0.3) is 0 Å². The van der Waals surface area contributed by atoms with Gasteiger partial charge in [-0.15, -0.1) is 0 Å². The Balaban J connectivity index is 1.99. The number of carbonyl (C=O) groups excluding carboxylic acids is 3. The maximum atomic E-state index is 13.5. The number of esters is 1. The molecule has 0 saturated carbocycles. The molecule has 0 aromatic carbocycles. The van der Waals surface area contributed by atoms with E-state index in [-0.39, 0.29) is 35.9 Å². The van der Waals surface area contributed by atoms with E-state index in [4.69, 9.17) is 14.2 Å². The Hall–Kier alpha value is -2.25. The lowest BCUT2D eigenvalue weighted by atomic mass is 9.74. The van der Waals surface area contributed by atoms with Gasteiger partial charge in [-0.3, -0.25) is 9.59 Å². The van der Waals surface area contributed by atoms with Crippen molar-refractivity contribution in [1.29, 1.82) is 0 Å². The topological polar surface area (TPSA) is 180 Å². The molecule has 18 atom stereocenters. The first-order chi connectivity index (χ1) is 26.1. The van der Waals surface area contributed by atoms with Crippen LogP contribution < -0.4 is 0 Å². The predicted octanol–water partition coefficient (Wildman–Crippen LogP) is 5.88. The number of hydrogen-bond acceptors (Lipinski definition) is 11. The lowest BCUT2D eigenvalue weighted by molar-refractivity contribution is -0.371. The van der Waals surface area contributed by atoms with Gasteiger partial charge in [-0.05, 0) is 70.1 Å². The number of fused-ring (bicyclic) bond motifs is 2. The molecule has 0 aromatic heterocycles. The highest BCUT2D eigenvalue weighted by molar-refractivity contribution is 5.91. The van der Waals surface area contributed by atoms with Gasteiger partial charge < -0.3 is 39.7 Å². The Morgan fingerprint density at radius 1 is 0.839 bits per heavy atom. The van der Waals surface area contributed by atoms with E-state index in [1.165, 1.54) is 39.8 Å². The van der Waals surface area contributed by atoms with Crippen LogP contribution >= 0.6 is 0 Å². The highest BCUT2D eigenvalue weighted by Crippen LogP contribution is 2.49. The molecule has 1 unspecified atom stereocenters. The number of ether oxygens (including phenoxy) is 3. The third kappa shape index (κ3) is 11.5. The van der Waals surface area contributed by atoms with E-state index in [1.807, 2.05) is 32.1 Å². The molecule has 320 valence electrons. The van der Waals surface area contributed by atoms with Crippen molar-refractivity contribution in [2.75, 3.05) is 0 Å². The van der Waals surface area contributed by atoms with Crippen molar-refractivity contribution in [1.82, 2.24) is 0 Å². The van der Waals surface area contributed by atoms with Crippen molar-refractivity contribution >= 4 is 17.5 Å². The van der Waals surface area contributed by atoms with Gasteiger partial charge in [0.2, 0.25) is 0 Å². The zero-order valence-corrected chi connectivity index (χ0v) is 35.8. The monoisotopic (exact) mass is 791 g/mol. The minimum Gasteiger partial charge on any atom is -0.458 e. The first-order valence-corrected chi connectivity index (χ1v) is 21.2. The minimum atomic E-state index is -2.18. The number of Topliss-reactive ketones (excluding diaryl/α,β-unsaturated/α-hetero) is 2. The summed E-state index contributed by atoms with van der Waals surface area (Å²) in [6, 6.07) is 0. The molecule has 0 aromatic rings. The van der Waals surface area contributed by atoms with E-state index >= 15 is 0 Å². The normalized spacial score (nSPS) is 45.1. The largest absolute Gasteiger partial charge is 0.458 e. The van der Waals surface area contributed by atoms with Crippen LogP contribution in [0.5, 0.6) is 0 Å². The number of carbonyl (C=O) groups is 3. The number of aliphatic hydroxyl groups is 5. The average Bonchev–Trinajstić information content (AvgIpc) is 3.16. The standard InChI is InChI=1S/C45H74O11/c1-12-34-17-15-13-14-16-27(4)42(51)44(11,53)43(52)32(9)40(50)31(8)39(49)30(7)38(48)26(3)18-21-37(47)54-41-29(6)35(20-19-34)55-45(33(41)10)23-22-25(2)36(56-45)24-28(5)46/h13-15,17-18,21,25-36,38,40-42,46,48,50-51,53H,12,16,19-20,22-24H2,1-11H3/t25-,26-,27+,28+,29+,30-,31-,32-,33-,34-,35-,36-,38+,40+,41+,42-,44+,45?/m1/s1. The molecule has 0 radical (unpaired) electrons. The molecule has 11 heteroatoms. The molecule has 1 spiro atoms. The summed E-state index contributed by atoms with van der Waals surface area (Å²) in [7, 11) is 0. The lowest BCUT2D eigenvalue weighted by Crippen LogP contribution is -2.62. The SMILES string of the molecule is CC[C@@H]1C=CC=CC[C@H](C)[C@@H](O)[C@](C)(O)C(=O)[C@H](C)[C@@H](O)[C@H](C)C(=O)[C@H](C)[C@@H](O)[C@H](C)C=CC(=O)O[C@H]2[C@@H](C)[C@@H](CC1)OC1(CC[C@@H](C)[C@@H](C[C@H](C)O)O1)[C@@H]2C. The van der Waals surface area contributed by atoms with Crippen LogP contribution in [0, 0.1) is 53.3 Å². The van der Waals surface area contributed by atoms with Crippen molar-refractivity contribution in [3.63, 3.8) is 0 Å². The van der Waals surface area contributed by atoms with Crippen LogP contribution in [-0.2, 0) is 28.6 Å². The Kier molecular flexibility index (Phi) is 17.7. The summed E-state index contributed by atoms with van der Waals surface area (Å²) in [6.45, 7) is 19.1. The number of allylic oxidation sites excluding steroid dienone is 4. The zero-order valence-electron chi connectivity index (χ0n) is 35.8. The molecular formula is C45H74O11. The smallest absolute Gasteiger partial charge is 0.330 e. The van der Waals surface area contributed by atoms with Crippen molar-refractivity contribution in [3.8, 4) is 0 Å². The van der Waals surface area contributed by atoms with E-state index in [2.05, 4.69) is 19.9 Å². The van der Waals surface area contributed by atoms with Crippen LogP contribution in [-0.4, -0.2) is 97.2 Å². The Labute approximate surface area is 336 Å². The van der Waals surface area contributed by atoms with Gasteiger partial charge in [0.05, 0.1) is 36.6 Å². The highest BCUT2D eigenvalue weighted by Gasteiger charge is 2.56. The quantitative estimate of drug-likeness (QED) is 0.216. The molecule has 5 N–H and O–H groups in total. The molecule has 11 nitrogen and oxygen atoms in total. The number of hydrogen-bond donors (Lipinski definition) is 5. The average molecular weight is 791 g/mol.